The van der Waals surface area contributed by atoms with Gasteiger partial charge >= 0.3 is 0 Å². The number of halogens is 3. The number of benzene rings is 2. The van der Waals surface area contributed by atoms with Crippen molar-refractivity contribution in [2.75, 3.05) is 13.2 Å². The molecule has 0 aromatic heterocycles. The van der Waals surface area contributed by atoms with Crippen molar-refractivity contribution in [1.82, 2.24) is 4.72 Å². The number of rotatable bonds is 7. The van der Waals surface area contributed by atoms with E-state index in [2.05, 4.69) is 20.7 Å². The minimum atomic E-state index is -3.52. The molecule has 3 atom stereocenters. The van der Waals surface area contributed by atoms with Gasteiger partial charge in [-0.05, 0) is 44.5 Å². The lowest BCUT2D eigenvalue weighted by molar-refractivity contribution is -0.148. The Hall–Kier alpha value is -1.86. The van der Waals surface area contributed by atoms with E-state index in [9.17, 15) is 4.21 Å². The molecule has 1 aliphatic heterocycles. The van der Waals surface area contributed by atoms with Gasteiger partial charge < -0.3 is 9.47 Å². The first-order valence-corrected chi connectivity index (χ1v) is 12.0. The van der Waals surface area contributed by atoms with Gasteiger partial charge in [-0.15, -0.1) is 0 Å². The van der Waals surface area contributed by atoms with Crippen molar-refractivity contribution < 1.29 is 22.5 Å². The highest BCUT2D eigenvalue weighted by Gasteiger charge is 2.60. The second-order valence-electron chi connectivity index (χ2n) is 8.61. The van der Waals surface area contributed by atoms with Crippen molar-refractivity contribution in [2.24, 2.45) is 0 Å². The van der Waals surface area contributed by atoms with Crippen LogP contribution in [-0.4, -0.2) is 28.1 Å². The molecule has 0 saturated carbocycles. The number of nitriles is 1. The van der Waals surface area contributed by atoms with Crippen molar-refractivity contribution in [3.8, 4) is 11.8 Å². The molecule has 1 heterocycles. The molecule has 1 aliphatic rings. The van der Waals surface area contributed by atoms with Gasteiger partial charge in [-0.25, -0.2) is 17.7 Å². The summed E-state index contributed by atoms with van der Waals surface area (Å²) in [6, 6.07) is 15.7. The summed E-state index contributed by atoms with van der Waals surface area (Å²) in [5.41, 5.74) is -1.16. The SMILES string of the molecule is CC(C)(C)S(=O)NC1(C(F)(F)COCC#N)CC(c2ccccc2)Oc2ccc(Br)cc21. The lowest BCUT2D eigenvalue weighted by Gasteiger charge is -2.47. The summed E-state index contributed by atoms with van der Waals surface area (Å²) in [4.78, 5) is 0. The second kappa shape index (κ2) is 9.56. The summed E-state index contributed by atoms with van der Waals surface area (Å²) in [6.07, 6.45) is -0.901. The molecule has 3 rings (SSSR count). The minimum Gasteiger partial charge on any atom is -0.485 e. The maximum Gasteiger partial charge on any atom is 0.293 e. The zero-order chi connectivity index (χ0) is 23.6. The largest absolute Gasteiger partial charge is 0.485 e. The van der Waals surface area contributed by atoms with Crippen LogP contribution in [0.5, 0.6) is 5.75 Å². The maximum atomic E-state index is 16.0. The fourth-order valence-electron chi connectivity index (χ4n) is 3.55. The molecule has 0 fully saturated rings. The lowest BCUT2D eigenvalue weighted by atomic mass is 9.76. The van der Waals surface area contributed by atoms with Crippen LogP contribution in [0.4, 0.5) is 8.78 Å². The van der Waals surface area contributed by atoms with Gasteiger partial charge in [0.15, 0.2) is 0 Å². The van der Waals surface area contributed by atoms with Crippen LogP contribution in [0, 0.1) is 11.3 Å². The van der Waals surface area contributed by atoms with Crippen LogP contribution in [0.3, 0.4) is 0 Å². The third kappa shape index (κ3) is 5.04. The predicted octanol–water partition coefficient (Wildman–Crippen LogP) is 5.40. The van der Waals surface area contributed by atoms with Crippen LogP contribution in [0.2, 0.25) is 0 Å². The molecule has 32 heavy (non-hydrogen) atoms. The van der Waals surface area contributed by atoms with Gasteiger partial charge in [0, 0.05) is 16.5 Å². The van der Waals surface area contributed by atoms with Crippen LogP contribution in [0.25, 0.3) is 0 Å². The quantitative estimate of drug-likeness (QED) is 0.490. The topological polar surface area (TPSA) is 71.3 Å². The Labute approximate surface area is 197 Å². The van der Waals surface area contributed by atoms with Gasteiger partial charge in [0.05, 0.1) is 21.8 Å². The third-order valence-electron chi connectivity index (χ3n) is 5.23. The van der Waals surface area contributed by atoms with E-state index in [0.29, 0.717) is 4.47 Å². The third-order valence-corrected chi connectivity index (χ3v) is 7.37. The molecule has 1 N–H and O–H groups in total. The molecule has 172 valence electrons. The highest BCUT2D eigenvalue weighted by atomic mass is 79.9. The molecule has 2 aromatic carbocycles. The minimum absolute atomic E-state index is 0.183. The second-order valence-corrected chi connectivity index (χ2v) is 11.5. The first kappa shape index (κ1) is 24.8. The Bertz CT molecular complexity index is 1020. The summed E-state index contributed by atoms with van der Waals surface area (Å²) in [7, 11) is -1.83. The number of hydrogen-bond donors (Lipinski definition) is 1. The Morgan fingerprint density at radius 2 is 1.97 bits per heavy atom. The van der Waals surface area contributed by atoms with E-state index < -0.39 is 46.5 Å². The number of alkyl halides is 2. The number of hydrogen-bond acceptors (Lipinski definition) is 4. The van der Waals surface area contributed by atoms with Gasteiger partial charge in [0.25, 0.3) is 5.92 Å². The highest BCUT2D eigenvalue weighted by Crippen LogP contribution is 2.53. The molecule has 0 saturated heterocycles. The van der Waals surface area contributed by atoms with Crippen LogP contribution in [-0.2, 0) is 21.3 Å². The van der Waals surface area contributed by atoms with Crippen LogP contribution in [0.15, 0.2) is 53.0 Å². The Morgan fingerprint density at radius 1 is 1.28 bits per heavy atom. The molecule has 9 heteroatoms. The van der Waals surface area contributed by atoms with Crippen LogP contribution < -0.4 is 9.46 Å². The monoisotopic (exact) mass is 526 g/mol. The van der Waals surface area contributed by atoms with Gasteiger partial charge in [-0.2, -0.15) is 5.26 Å². The van der Waals surface area contributed by atoms with Crippen molar-refractivity contribution in [1.29, 1.82) is 5.26 Å². The van der Waals surface area contributed by atoms with Gasteiger partial charge in [-0.3, -0.25) is 0 Å². The molecule has 0 radical (unpaired) electrons. The summed E-state index contributed by atoms with van der Waals surface area (Å²) in [6.45, 7) is 3.65. The molecule has 0 spiro atoms. The number of nitrogens with one attached hydrogen (secondary N) is 1. The van der Waals surface area contributed by atoms with E-state index in [0.717, 1.165) is 5.56 Å². The zero-order valence-corrected chi connectivity index (χ0v) is 20.4. The van der Waals surface area contributed by atoms with E-state index >= 15 is 8.78 Å². The standard InChI is InChI=1S/C23H25BrF2N2O3S/c1-21(2,3)32(29)28-22(23(25,26)15-30-12-11-27)14-20(16-7-5-4-6-8-16)31-19-10-9-17(24)13-18(19)22/h4-10,13,20,28H,12,14-15H2,1-3H3. The summed E-state index contributed by atoms with van der Waals surface area (Å²) < 4.78 is 58.9. The first-order chi connectivity index (χ1) is 15.0. The molecule has 0 amide bonds. The van der Waals surface area contributed by atoms with Gasteiger partial charge in [-0.1, -0.05) is 46.3 Å². The van der Waals surface area contributed by atoms with Crippen LogP contribution in [0.1, 0.15) is 44.4 Å². The Kier molecular flexibility index (Phi) is 7.40. The molecule has 0 aliphatic carbocycles. The number of fused-ring (bicyclic) bond motifs is 1. The predicted molar refractivity (Wildman–Crippen MR) is 123 cm³/mol. The number of ether oxygens (including phenoxy) is 2. The van der Waals surface area contributed by atoms with E-state index in [1.54, 1.807) is 45.0 Å². The van der Waals surface area contributed by atoms with E-state index in [1.807, 2.05) is 30.3 Å². The normalized spacial score (nSPS) is 21.8. The zero-order valence-electron chi connectivity index (χ0n) is 18.0. The van der Waals surface area contributed by atoms with Crippen molar-refractivity contribution in [3.05, 3.63) is 64.1 Å². The maximum absolute atomic E-state index is 16.0. The summed E-state index contributed by atoms with van der Waals surface area (Å²) in [5, 5.41) is 8.76. The molecule has 2 aromatic rings. The molecule has 5 nitrogen and oxygen atoms in total. The molecule has 0 bridgehead atoms. The highest BCUT2D eigenvalue weighted by molar-refractivity contribution is 9.10. The summed E-state index contributed by atoms with van der Waals surface area (Å²) in [5.74, 6) is -3.25. The van der Waals surface area contributed by atoms with Crippen molar-refractivity contribution >= 4 is 26.9 Å². The smallest absolute Gasteiger partial charge is 0.293 e. The van der Waals surface area contributed by atoms with Gasteiger partial charge in [0.1, 0.15) is 30.6 Å². The fraction of sp³-hybridized carbons (Fsp3) is 0.435. The average Bonchev–Trinajstić information content (AvgIpc) is 2.73. The fourth-order valence-corrected chi connectivity index (χ4v) is 4.88. The average molecular weight is 527 g/mol. The van der Waals surface area contributed by atoms with Gasteiger partial charge in [0.2, 0.25) is 0 Å². The van der Waals surface area contributed by atoms with E-state index in [4.69, 9.17) is 14.7 Å². The Morgan fingerprint density at radius 3 is 2.59 bits per heavy atom. The van der Waals surface area contributed by atoms with E-state index in [-0.39, 0.29) is 17.7 Å². The first-order valence-electron chi connectivity index (χ1n) is 10.0. The molecular weight excluding hydrogens is 502 g/mol. The number of nitrogens with zero attached hydrogens (tertiary/aromatic N) is 1. The molecule has 3 unspecified atom stereocenters. The van der Waals surface area contributed by atoms with Crippen molar-refractivity contribution in [2.45, 2.75) is 49.5 Å². The van der Waals surface area contributed by atoms with Crippen LogP contribution >= 0.6 is 15.9 Å². The van der Waals surface area contributed by atoms with E-state index in [1.165, 1.54) is 0 Å². The lowest BCUT2D eigenvalue weighted by Crippen LogP contribution is -2.62. The Balaban J connectivity index is 2.20. The summed E-state index contributed by atoms with van der Waals surface area (Å²) >= 11 is 3.36. The van der Waals surface area contributed by atoms with Crippen molar-refractivity contribution in [3.63, 3.8) is 0 Å². The molecular formula is C23H25BrF2N2O3S.